The zero-order valence-electron chi connectivity index (χ0n) is 5.54. The number of hydrogen-bond donors (Lipinski definition) is 1. The number of aromatic nitrogens is 2. The summed E-state index contributed by atoms with van der Waals surface area (Å²) in [5.41, 5.74) is 0.781. The lowest BCUT2D eigenvalue weighted by Crippen LogP contribution is -1.80. The van der Waals surface area contributed by atoms with E-state index in [9.17, 15) is 0 Å². The highest BCUT2D eigenvalue weighted by Crippen LogP contribution is 2.15. The van der Waals surface area contributed by atoms with Crippen LogP contribution in [0.2, 0.25) is 0 Å². The molecule has 1 N–H and O–H groups in total. The lowest BCUT2D eigenvalue weighted by molar-refractivity contribution is 0.594. The van der Waals surface area contributed by atoms with Gasteiger partial charge in [-0.1, -0.05) is 0 Å². The molecule has 2 rings (SSSR count). The van der Waals surface area contributed by atoms with E-state index in [1.165, 1.54) is 0 Å². The van der Waals surface area contributed by atoms with Gasteiger partial charge in [-0.2, -0.15) is 4.98 Å². The second-order valence-corrected chi connectivity index (χ2v) is 2.30. The molecule has 0 aliphatic carbocycles. The Kier molecular flexibility index (Phi) is 1.43. The van der Waals surface area contributed by atoms with E-state index in [-0.39, 0.29) is 0 Å². The quantitative estimate of drug-likeness (QED) is 0.708. The van der Waals surface area contributed by atoms with Crippen LogP contribution in [0.15, 0.2) is 24.4 Å². The molecule has 0 unspecified atom stereocenters. The molecule has 0 atom stereocenters. The lowest BCUT2D eigenvalue weighted by atomic mass is 10.3. The molecule has 0 aliphatic rings. The first-order valence-electron chi connectivity index (χ1n) is 3.13. The van der Waals surface area contributed by atoms with Crippen LogP contribution in [0, 0.1) is 0 Å². The Hall–Kier alpha value is -1.22. The van der Waals surface area contributed by atoms with Gasteiger partial charge in [-0.15, -0.1) is 0 Å². The van der Waals surface area contributed by atoms with Crippen LogP contribution in [0.3, 0.4) is 0 Å². The number of nitrogens with zero attached hydrogens (tertiary/aromatic N) is 1. The highest BCUT2D eigenvalue weighted by molar-refractivity contribution is 6.09. The van der Waals surface area contributed by atoms with Crippen LogP contribution in [0.1, 0.15) is 0 Å². The molecule has 0 aromatic carbocycles. The Morgan fingerprint density at radius 2 is 2.27 bits per heavy atom. The van der Waals surface area contributed by atoms with Gasteiger partial charge in [0.25, 0.3) is 0 Å². The summed E-state index contributed by atoms with van der Waals surface area (Å²) in [6.45, 7) is 0. The van der Waals surface area contributed by atoms with E-state index in [0.29, 0.717) is 5.88 Å². The third kappa shape index (κ3) is 1.03. The second-order valence-electron chi connectivity index (χ2n) is 2.14. The van der Waals surface area contributed by atoms with Crippen molar-refractivity contribution in [2.75, 3.05) is 0 Å². The van der Waals surface area contributed by atoms with Crippen LogP contribution in [-0.4, -0.2) is 9.97 Å². The van der Waals surface area contributed by atoms with Crippen LogP contribution in [0.4, 0.5) is 0 Å². The topological polar surface area (TPSA) is 37.9 Å². The average Bonchev–Trinajstić information content (AvgIpc) is 2.50. The van der Waals surface area contributed by atoms with E-state index in [1.807, 2.05) is 18.3 Å². The SMILES string of the molecule is ClOc1ccc2cc[nH]c2n1. The Balaban J connectivity index is 2.67. The highest BCUT2D eigenvalue weighted by atomic mass is 35.5. The van der Waals surface area contributed by atoms with Crippen molar-refractivity contribution in [3.05, 3.63) is 24.4 Å². The Labute approximate surface area is 68.1 Å². The van der Waals surface area contributed by atoms with Gasteiger partial charge in [0.2, 0.25) is 5.88 Å². The summed E-state index contributed by atoms with van der Waals surface area (Å²) < 4.78 is 4.43. The average molecular weight is 169 g/mol. The summed E-state index contributed by atoms with van der Waals surface area (Å²) in [7, 11) is 0. The molecule has 2 aromatic heterocycles. The van der Waals surface area contributed by atoms with E-state index in [1.54, 1.807) is 6.07 Å². The minimum Gasteiger partial charge on any atom is -0.365 e. The molecule has 0 radical (unpaired) electrons. The Morgan fingerprint density at radius 3 is 3.09 bits per heavy atom. The number of nitrogens with one attached hydrogen (secondary N) is 1. The van der Waals surface area contributed by atoms with Crippen molar-refractivity contribution in [1.82, 2.24) is 9.97 Å². The number of H-pyrrole nitrogens is 1. The van der Waals surface area contributed by atoms with Crippen molar-refractivity contribution < 1.29 is 4.29 Å². The molecule has 56 valence electrons. The normalized spacial score (nSPS) is 10.3. The van der Waals surface area contributed by atoms with Crippen molar-refractivity contribution in [3.63, 3.8) is 0 Å². The van der Waals surface area contributed by atoms with Crippen molar-refractivity contribution >= 4 is 22.9 Å². The zero-order valence-corrected chi connectivity index (χ0v) is 6.30. The summed E-state index contributed by atoms with van der Waals surface area (Å²) in [5.74, 6) is 0.404. The molecule has 0 saturated heterocycles. The highest BCUT2D eigenvalue weighted by Gasteiger charge is 1.97. The van der Waals surface area contributed by atoms with Gasteiger partial charge in [0, 0.05) is 17.6 Å². The predicted molar refractivity (Wildman–Crippen MR) is 42.6 cm³/mol. The van der Waals surface area contributed by atoms with Gasteiger partial charge in [-0.25, -0.2) is 0 Å². The first kappa shape index (κ1) is 6.49. The number of rotatable bonds is 1. The molecular formula is C7H5ClN2O. The molecule has 0 fully saturated rings. The monoisotopic (exact) mass is 168 g/mol. The maximum absolute atomic E-state index is 5.12. The van der Waals surface area contributed by atoms with Crippen molar-refractivity contribution in [2.45, 2.75) is 0 Å². The molecule has 3 nitrogen and oxygen atoms in total. The number of aromatic amines is 1. The molecule has 2 aromatic rings. The number of pyridine rings is 1. The molecule has 4 heteroatoms. The van der Waals surface area contributed by atoms with Gasteiger partial charge in [-0.3, -0.25) is 0 Å². The summed E-state index contributed by atoms with van der Waals surface area (Å²) in [5, 5.41) is 1.04. The molecular weight excluding hydrogens is 164 g/mol. The van der Waals surface area contributed by atoms with Gasteiger partial charge in [0.15, 0.2) is 0 Å². The number of hydrogen-bond acceptors (Lipinski definition) is 2. The first-order valence-corrected chi connectivity index (χ1v) is 3.44. The number of fused-ring (bicyclic) bond motifs is 1. The molecule has 0 spiro atoms. The Morgan fingerprint density at radius 1 is 1.36 bits per heavy atom. The fraction of sp³-hybridized carbons (Fsp3) is 0. The van der Waals surface area contributed by atoms with E-state index in [2.05, 4.69) is 14.3 Å². The van der Waals surface area contributed by atoms with E-state index < -0.39 is 0 Å². The summed E-state index contributed by atoms with van der Waals surface area (Å²) >= 11 is 5.12. The minimum atomic E-state index is 0.404. The van der Waals surface area contributed by atoms with E-state index in [0.717, 1.165) is 11.0 Å². The molecule has 0 aliphatic heterocycles. The zero-order chi connectivity index (χ0) is 7.68. The van der Waals surface area contributed by atoms with E-state index in [4.69, 9.17) is 11.9 Å². The van der Waals surface area contributed by atoms with Crippen LogP contribution in [0.25, 0.3) is 11.0 Å². The molecule has 2 heterocycles. The van der Waals surface area contributed by atoms with Crippen LogP contribution in [0.5, 0.6) is 5.88 Å². The van der Waals surface area contributed by atoms with Crippen LogP contribution in [-0.2, 0) is 0 Å². The summed E-state index contributed by atoms with van der Waals surface area (Å²) in [6, 6.07) is 5.53. The third-order valence-electron chi connectivity index (χ3n) is 1.46. The standard InChI is InChI=1S/C7H5ClN2O/c8-11-6-2-1-5-3-4-9-7(5)10-6/h1-4H,(H,9,10). The van der Waals surface area contributed by atoms with Crippen molar-refractivity contribution in [2.24, 2.45) is 0 Å². The second kappa shape index (κ2) is 2.43. The lowest BCUT2D eigenvalue weighted by Gasteiger charge is -1.92. The molecule has 0 amide bonds. The fourth-order valence-corrected chi connectivity index (χ4v) is 1.04. The van der Waals surface area contributed by atoms with Gasteiger partial charge >= 0.3 is 0 Å². The van der Waals surface area contributed by atoms with Crippen molar-refractivity contribution in [1.29, 1.82) is 0 Å². The fourth-order valence-electron chi connectivity index (χ4n) is 0.955. The predicted octanol–water partition coefficient (Wildman–Crippen LogP) is 2.10. The van der Waals surface area contributed by atoms with E-state index >= 15 is 0 Å². The molecule has 0 bridgehead atoms. The third-order valence-corrected chi connectivity index (χ3v) is 1.62. The van der Waals surface area contributed by atoms with Crippen molar-refractivity contribution in [3.8, 4) is 5.88 Å². The smallest absolute Gasteiger partial charge is 0.238 e. The molecule has 0 saturated carbocycles. The van der Waals surface area contributed by atoms with Crippen LogP contribution < -0.4 is 4.29 Å². The van der Waals surface area contributed by atoms with Gasteiger partial charge < -0.3 is 9.27 Å². The van der Waals surface area contributed by atoms with Gasteiger partial charge in [0.1, 0.15) is 17.5 Å². The Bertz CT molecular complexity index is 371. The largest absolute Gasteiger partial charge is 0.365 e. The summed E-state index contributed by atoms with van der Waals surface area (Å²) in [4.78, 5) is 6.99. The summed E-state index contributed by atoms with van der Waals surface area (Å²) in [6.07, 6.45) is 1.82. The number of halogens is 1. The minimum absolute atomic E-state index is 0.404. The first-order chi connectivity index (χ1) is 5.40. The van der Waals surface area contributed by atoms with Gasteiger partial charge in [-0.05, 0) is 12.1 Å². The maximum Gasteiger partial charge on any atom is 0.238 e. The molecule has 11 heavy (non-hydrogen) atoms. The van der Waals surface area contributed by atoms with Gasteiger partial charge in [0.05, 0.1) is 0 Å². The van der Waals surface area contributed by atoms with Crippen LogP contribution >= 0.6 is 11.9 Å². The maximum atomic E-state index is 5.12.